The minimum Gasteiger partial charge on any atom is -0.328 e. The third-order valence-electron chi connectivity index (χ3n) is 5.15. The number of carbonyl (C=O) groups is 1. The summed E-state index contributed by atoms with van der Waals surface area (Å²) in [5, 5.41) is 1.93. The quantitative estimate of drug-likeness (QED) is 0.491. The van der Waals surface area contributed by atoms with Gasteiger partial charge in [-0.25, -0.2) is 4.98 Å². The Kier molecular flexibility index (Phi) is 4.72. The number of thioether (sulfide) groups is 1. The summed E-state index contributed by atoms with van der Waals surface area (Å²) in [5.41, 5.74) is 3.00. The fourth-order valence-corrected chi connectivity index (χ4v) is 6.08. The fraction of sp³-hybridized carbons (Fsp3) is 0.190. The summed E-state index contributed by atoms with van der Waals surface area (Å²) in [4.78, 5) is 29.1. The van der Waals surface area contributed by atoms with Gasteiger partial charge >= 0.3 is 0 Å². The molecule has 1 saturated heterocycles. The van der Waals surface area contributed by atoms with Crippen molar-refractivity contribution in [2.24, 2.45) is 4.99 Å². The van der Waals surface area contributed by atoms with E-state index in [1.807, 2.05) is 51.4 Å². The van der Waals surface area contributed by atoms with Crippen LogP contribution in [0.25, 0.3) is 10.2 Å². The van der Waals surface area contributed by atoms with E-state index in [4.69, 9.17) is 16.6 Å². The number of hydrogen-bond donors (Lipinski definition) is 0. The van der Waals surface area contributed by atoms with Gasteiger partial charge in [0.1, 0.15) is 10.7 Å². The van der Waals surface area contributed by atoms with Crippen LogP contribution in [0.3, 0.4) is 0 Å². The number of carbonyl (C=O) groups excluding carboxylic acids is 1. The molecule has 1 fully saturated rings. The van der Waals surface area contributed by atoms with E-state index in [1.54, 1.807) is 4.90 Å². The van der Waals surface area contributed by atoms with Gasteiger partial charge < -0.3 is 9.80 Å². The Morgan fingerprint density at radius 3 is 2.47 bits per heavy atom. The number of thiazole rings is 1. The van der Waals surface area contributed by atoms with Crippen molar-refractivity contribution in [2.45, 2.75) is 6.92 Å². The molecule has 0 N–H and O–H groups in total. The van der Waals surface area contributed by atoms with Crippen molar-refractivity contribution in [2.75, 3.05) is 30.4 Å². The van der Waals surface area contributed by atoms with Crippen LogP contribution in [0.15, 0.2) is 58.2 Å². The standard InChI is InChI=1S/C21H18ClN5OS2/c1-4-27-19(28)17(18-25(2)14-7-5-6-8-15(14)26(18)3)30-21(27)24-20-23-13-10-9-12(22)11-16(13)29-20/h5-11H,4H2,1-3H3/b24-21-. The molecular formula is C21H18ClN5OS2. The summed E-state index contributed by atoms with van der Waals surface area (Å²) in [5.74, 6) is 0.831. The van der Waals surface area contributed by atoms with Crippen molar-refractivity contribution in [3.05, 3.63) is 58.2 Å². The number of benzene rings is 2. The van der Waals surface area contributed by atoms with Gasteiger partial charge in [-0.05, 0) is 49.0 Å². The first-order valence-corrected chi connectivity index (χ1v) is 11.4. The first-order valence-electron chi connectivity index (χ1n) is 9.43. The van der Waals surface area contributed by atoms with Gasteiger partial charge in [-0.2, -0.15) is 4.99 Å². The van der Waals surface area contributed by atoms with Gasteiger partial charge in [-0.3, -0.25) is 9.69 Å². The molecule has 0 aliphatic carbocycles. The van der Waals surface area contributed by atoms with Gasteiger partial charge in [0.05, 0.1) is 21.6 Å². The van der Waals surface area contributed by atoms with Crippen molar-refractivity contribution in [1.29, 1.82) is 0 Å². The van der Waals surface area contributed by atoms with Crippen LogP contribution in [0.1, 0.15) is 6.92 Å². The smallest absolute Gasteiger partial charge is 0.270 e. The molecule has 0 unspecified atom stereocenters. The van der Waals surface area contributed by atoms with Crippen LogP contribution in [0.2, 0.25) is 5.02 Å². The van der Waals surface area contributed by atoms with E-state index in [1.165, 1.54) is 23.1 Å². The van der Waals surface area contributed by atoms with Crippen molar-refractivity contribution < 1.29 is 4.79 Å². The molecule has 3 aromatic rings. The van der Waals surface area contributed by atoms with Crippen LogP contribution in [0.4, 0.5) is 16.5 Å². The van der Waals surface area contributed by atoms with Crippen LogP contribution in [0, 0.1) is 0 Å². The van der Waals surface area contributed by atoms with Crippen molar-refractivity contribution >= 4 is 72.5 Å². The molecule has 1 aromatic heterocycles. The van der Waals surface area contributed by atoms with Crippen LogP contribution >= 0.6 is 34.7 Å². The average molecular weight is 456 g/mol. The summed E-state index contributed by atoms with van der Waals surface area (Å²) in [6.07, 6.45) is 0. The number of rotatable bonds is 2. The highest BCUT2D eigenvalue weighted by atomic mass is 35.5. The molecule has 0 saturated carbocycles. The lowest BCUT2D eigenvalue weighted by Gasteiger charge is -2.20. The SMILES string of the molecule is CCN1C(=O)C(=C2N(C)c3ccccc3N2C)S/C1=N\c1nc2ccc(Cl)cc2s1. The highest BCUT2D eigenvalue weighted by Crippen LogP contribution is 2.45. The van der Waals surface area contributed by atoms with E-state index < -0.39 is 0 Å². The number of halogens is 1. The monoisotopic (exact) mass is 455 g/mol. The first-order chi connectivity index (χ1) is 14.5. The van der Waals surface area contributed by atoms with Crippen LogP contribution in [-0.2, 0) is 4.79 Å². The second kappa shape index (κ2) is 7.30. The normalized spacial score (nSPS) is 17.8. The predicted molar refractivity (Wildman–Crippen MR) is 127 cm³/mol. The van der Waals surface area contributed by atoms with Gasteiger partial charge in [0.15, 0.2) is 5.17 Å². The zero-order valence-corrected chi connectivity index (χ0v) is 19.0. The Labute approximate surface area is 187 Å². The Bertz CT molecular complexity index is 1220. The second-order valence-corrected chi connectivity index (χ2v) is 9.34. The molecule has 2 aliphatic heterocycles. The summed E-state index contributed by atoms with van der Waals surface area (Å²) in [6, 6.07) is 13.7. The van der Waals surface area contributed by atoms with Gasteiger partial charge in [-0.15, -0.1) is 0 Å². The Balaban J connectivity index is 1.57. The number of para-hydroxylation sites is 2. The average Bonchev–Trinajstić information content (AvgIpc) is 3.35. The Morgan fingerprint density at radius 1 is 1.10 bits per heavy atom. The van der Waals surface area contributed by atoms with Crippen LogP contribution in [0.5, 0.6) is 0 Å². The lowest BCUT2D eigenvalue weighted by molar-refractivity contribution is -0.122. The molecule has 3 heterocycles. The molecule has 0 bridgehead atoms. The number of hydrogen-bond acceptors (Lipinski definition) is 7. The maximum absolute atomic E-state index is 13.3. The number of fused-ring (bicyclic) bond motifs is 2. The van der Waals surface area contributed by atoms with Gasteiger partial charge in [-0.1, -0.05) is 35.1 Å². The topological polar surface area (TPSA) is 52.0 Å². The van der Waals surface area contributed by atoms with E-state index in [0.29, 0.717) is 26.8 Å². The molecule has 6 nitrogen and oxygen atoms in total. The molecule has 2 aliphatic rings. The van der Waals surface area contributed by atoms with Crippen LogP contribution in [-0.4, -0.2) is 41.6 Å². The van der Waals surface area contributed by atoms with Crippen molar-refractivity contribution in [1.82, 2.24) is 9.88 Å². The van der Waals surface area contributed by atoms with Crippen LogP contribution < -0.4 is 9.80 Å². The lowest BCUT2D eigenvalue weighted by Crippen LogP contribution is -2.31. The van der Waals surface area contributed by atoms with Crippen molar-refractivity contribution in [3.63, 3.8) is 0 Å². The summed E-state index contributed by atoms with van der Waals surface area (Å²) in [7, 11) is 3.97. The second-order valence-electron chi connectivity index (χ2n) is 6.91. The minimum atomic E-state index is -0.0353. The summed E-state index contributed by atoms with van der Waals surface area (Å²) >= 11 is 8.95. The molecule has 0 spiro atoms. The molecule has 0 atom stereocenters. The number of amides is 1. The number of anilines is 2. The third-order valence-corrected chi connectivity index (χ3v) is 7.36. The van der Waals surface area contributed by atoms with E-state index in [0.717, 1.165) is 27.4 Å². The summed E-state index contributed by atoms with van der Waals surface area (Å²) < 4.78 is 0.975. The highest BCUT2D eigenvalue weighted by molar-refractivity contribution is 8.18. The molecule has 152 valence electrons. The largest absolute Gasteiger partial charge is 0.328 e. The molecule has 1 amide bonds. The number of amidine groups is 1. The Hall–Kier alpha value is -2.55. The van der Waals surface area contributed by atoms with Gasteiger partial charge in [0.2, 0.25) is 5.13 Å². The predicted octanol–water partition coefficient (Wildman–Crippen LogP) is 5.29. The van der Waals surface area contributed by atoms with E-state index in [-0.39, 0.29) is 5.91 Å². The molecule has 9 heteroatoms. The lowest BCUT2D eigenvalue weighted by atomic mass is 10.3. The van der Waals surface area contributed by atoms with E-state index in [2.05, 4.69) is 26.9 Å². The highest BCUT2D eigenvalue weighted by Gasteiger charge is 2.40. The number of nitrogens with zero attached hydrogens (tertiary/aromatic N) is 5. The van der Waals surface area contributed by atoms with E-state index >= 15 is 0 Å². The first kappa shape index (κ1) is 19.4. The maximum atomic E-state index is 13.3. The van der Waals surface area contributed by atoms with E-state index in [9.17, 15) is 4.79 Å². The zero-order valence-electron chi connectivity index (χ0n) is 16.6. The number of aromatic nitrogens is 1. The minimum absolute atomic E-state index is 0.0353. The summed E-state index contributed by atoms with van der Waals surface area (Å²) in [6.45, 7) is 2.50. The fourth-order valence-electron chi connectivity index (χ4n) is 3.71. The van der Waals surface area contributed by atoms with Gasteiger partial charge in [0, 0.05) is 25.7 Å². The molecular weight excluding hydrogens is 438 g/mol. The number of likely N-dealkylation sites (N-methyl/N-ethyl adjacent to an activating group) is 1. The van der Waals surface area contributed by atoms with Gasteiger partial charge in [0.25, 0.3) is 5.91 Å². The van der Waals surface area contributed by atoms with Crippen molar-refractivity contribution in [3.8, 4) is 0 Å². The maximum Gasteiger partial charge on any atom is 0.270 e. The molecule has 2 aromatic carbocycles. The number of aliphatic imine (C=N–C) groups is 1. The zero-order chi connectivity index (χ0) is 21.0. The third kappa shape index (κ3) is 2.98. The molecule has 5 rings (SSSR count). The molecule has 0 radical (unpaired) electrons. The Morgan fingerprint density at radius 2 is 1.80 bits per heavy atom. The molecule has 30 heavy (non-hydrogen) atoms.